The maximum atomic E-state index is 12.3. The topological polar surface area (TPSA) is 104 Å². The van der Waals surface area contributed by atoms with E-state index in [0.29, 0.717) is 6.42 Å². The molecular weight excluding hydrogens is 344 g/mol. The fourth-order valence-electron chi connectivity index (χ4n) is 2.53. The van der Waals surface area contributed by atoms with Gasteiger partial charge in [-0.15, -0.1) is 0 Å². The first-order chi connectivity index (χ1) is 13.1. The zero-order valence-electron chi connectivity index (χ0n) is 15.1. The van der Waals surface area contributed by atoms with Crippen molar-refractivity contribution in [2.45, 2.75) is 31.9 Å². The normalized spacial score (nSPS) is 12.3. The average Bonchev–Trinajstić information content (AvgIpc) is 2.71. The lowest BCUT2D eigenvalue weighted by atomic mass is 9.97. The Kier molecular flexibility index (Phi) is 7.79. The second-order valence-corrected chi connectivity index (χ2v) is 6.03. The molecule has 1 aromatic carbocycles. The number of aromatic nitrogens is 1. The Morgan fingerprint density at radius 1 is 1.19 bits per heavy atom. The van der Waals surface area contributed by atoms with Crippen molar-refractivity contribution in [2.75, 3.05) is 6.54 Å². The van der Waals surface area contributed by atoms with Crippen molar-refractivity contribution in [1.82, 2.24) is 15.6 Å². The van der Waals surface area contributed by atoms with Gasteiger partial charge in [0.2, 0.25) is 5.91 Å². The zero-order valence-corrected chi connectivity index (χ0v) is 15.1. The minimum atomic E-state index is -0.835. The van der Waals surface area contributed by atoms with Crippen LogP contribution in [-0.4, -0.2) is 29.6 Å². The Bertz CT molecular complexity index is 775. The number of benzene rings is 1. The summed E-state index contributed by atoms with van der Waals surface area (Å²) in [4.78, 5) is 28.7. The van der Waals surface area contributed by atoms with Crippen molar-refractivity contribution in [3.63, 3.8) is 0 Å². The van der Waals surface area contributed by atoms with Crippen LogP contribution in [0.3, 0.4) is 0 Å². The number of pyridine rings is 1. The number of nitrogens with zero attached hydrogens (tertiary/aromatic N) is 2. The van der Waals surface area contributed by atoms with E-state index in [9.17, 15) is 9.59 Å². The van der Waals surface area contributed by atoms with Crippen LogP contribution in [0.15, 0.2) is 54.7 Å². The van der Waals surface area contributed by atoms with Crippen LogP contribution >= 0.6 is 0 Å². The second-order valence-electron chi connectivity index (χ2n) is 6.03. The van der Waals surface area contributed by atoms with E-state index < -0.39 is 18.0 Å². The Hall–Kier alpha value is -3.40. The van der Waals surface area contributed by atoms with Gasteiger partial charge >= 0.3 is 6.09 Å². The van der Waals surface area contributed by atoms with Crippen LogP contribution in [0.4, 0.5) is 4.79 Å². The molecule has 0 aliphatic rings. The lowest BCUT2D eigenvalue weighted by molar-refractivity contribution is -0.123. The molecule has 0 fully saturated rings. The first kappa shape index (κ1) is 19.9. The van der Waals surface area contributed by atoms with Crippen molar-refractivity contribution in [2.24, 2.45) is 0 Å². The Morgan fingerprint density at radius 3 is 2.59 bits per heavy atom. The number of nitriles is 1. The van der Waals surface area contributed by atoms with Gasteiger partial charge in [-0.3, -0.25) is 9.78 Å². The molecule has 2 N–H and O–H groups in total. The van der Waals surface area contributed by atoms with Gasteiger partial charge in [0.15, 0.2) is 0 Å². The molecule has 1 aromatic heterocycles. The van der Waals surface area contributed by atoms with E-state index in [1.807, 2.05) is 61.5 Å². The van der Waals surface area contributed by atoms with Gasteiger partial charge in [-0.05, 0) is 24.1 Å². The minimum absolute atomic E-state index is 0.0709. The summed E-state index contributed by atoms with van der Waals surface area (Å²) in [5.74, 6) is -0.505. The summed E-state index contributed by atoms with van der Waals surface area (Å²) >= 11 is 0. The zero-order chi connectivity index (χ0) is 19.5. The molecule has 140 valence electrons. The molecule has 0 saturated heterocycles. The number of amides is 2. The minimum Gasteiger partial charge on any atom is -0.445 e. The second kappa shape index (κ2) is 10.6. The number of nitrogens with one attached hydrogen (secondary N) is 2. The summed E-state index contributed by atoms with van der Waals surface area (Å²) in [5.41, 5.74) is 1.66. The molecule has 27 heavy (non-hydrogen) atoms. The fraction of sp³-hybridized carbons (Fsp3) is 0.300. The van der Waals surface area contributed by atoms with Gasteiger partial charge in [-0.1, -0.05) is 43.3 Å². The highest BCUT2D eigenvalue weighted by Crippen LogP contribution is 2.18. The third kappa shape index (κ3) is 6.78. The highest BCUT2D eigenvalue weighted by Gasteiger charge is 2.24. The predicted molar refractivity (Wildman–Crippen MR) is 99.4 cm³/mol. The molecule has 0 saturated carbocycles. The van der Waals surface area contributed by atoms with Gasteiger partial charge in [0.1, 0.15) is 19.2 Å². The van der Waals surface area contributed by atoms with Crippen LogP contribution in [-0.2, 0) is 16.1 Å². The molecule has 2 amide bonds. The molecule has 0 radical (unpaired) electrons. The van der Waals surface area contributed by atoms with Crippen molar-refractivity contribution in [1.29, 1.82) is 5.26 Å². The number of rotatable bonds is 8. The monoisotopic (exact) mass is 366 g/mol. The lowest BCUT2D eigenvalue weighted by Gasteiger charge is -2.21. The van der Waals surface area contributed by atoms with Crippen LogP contribution in [0.25, 0.3) is 0 Å². The highest BCUT2D eigenvalue weighted by molar-refractivity contribution is 5.85. The SMILES string of the molecule is CC(CC(NC(=O)OCc1ccccc1)C(=O)NCC#N)c1ccccn1. The van der Waals surface area contributed by atoms with Crippen LogP contribution < -0.4 is 10.6 Å². The predicted octanol–water partition coefficient (Wildman–Crippen LogP) is 2.51. The van der Waals surface area contributed by atoms with E-state index in [2.05, 4.69) is 15.6 Å². The molecule has 0 aliphatic heterocycles. The largest absolute Gasteiger partial charge is 0.445 e. The van der Waals surface area contributed by atoms with E-state index in [1.165, 1.54) is 0 Å². The van der Waals surface area contributed by atoms with E-state index in [1.54, 1.807) is 6.20 Å². The van der Waals surface area contributed by atoms with Gasteiger partial charge in [0, 0.05) is 17.8 Å². The molecular formula is C20H22N4O3. The molecule has 2 aromatic rings. The van der Waals surface area contributed by atoms with Crippen LogP contribution in [0.1, 0.15) is 30.5 Å². The molecule has 7 heteroatoms. The molecule has 0 bridgehead atoms. The molecule has 0 spiro atoms. The number of ether oxygens (including phenoxy) is 1. The number of alkyl carbamates (subject to hydrolysis) is 1. The van der Waals surface area contributed by atoms with Crippen molar-refractivity contribution >= 4 is 12.0 Å². The molecule has 0 aliphatic carbocycles. The summed E-state index contributed by atoms with van der Waals surface area (Å²) in [7, 11) is 0. The summed E-state index contributed by atoms with van der Waals surface area (Å²) in [6.45, 7) is 1.90. The number of carbonyl (C=O) groups is 2. The van der Waals surface area contributed by atoms with Crippen LogP contribution in [0, 0.1) is 11.3 Å². The fourth-order valence-corrected chi connectivity index (χ4v) is 2.53. The van der Waals surface area contributed by atoms with Crippen molar-refractivity contribution < 1.29 is 14.3 Å². The summed E-state index contributed by atoms with van der Waals surface area (Å²) < 4.78 is 5.19. The third-order valence-electron chi connectivity index (χ3n) is 3.94. The summed E-state index contributed by atoms with van der Waals surface area (Å²) in [5, 5.41) is 13.7. The number of hydrogen-bond donors (Lipinski definition) is 2. The van der Waals surface area contributed by atoms with Crippen molar-refractivity contribution in [3.8, 4) is 6.07 Å². The van der Waals surface area contributed by atoms with Crippen molar-refractivity contribution in [3.05, 3.63) is 66.0 Å². The highest BCUT2D eigenvalue weighted by atomic mass is 16.5. The van der Waals surface area contributed by atoms with E-state index in [4.69, 9.17) is 10.00 Å². The maximum Gasteiger partial charge on any atom is 0.408 e. The molecule has 2 unspecified atom stereocenters. The smallest absolute Gasteiger partial charge is 0.408 e. The summed E-state index contributed by atoms with van der Waals surface area (Å²) in [6.07, 6.45) is 1.32. The number of carbonyl (C=O) groups excluding carboxylic acids is 2. The first-order valence-electron chi connectivity index (χ1n) is 8.63. The maximum absolute atomic E-state index is 12.3. The Labute approximate surface area is 158 Å². The molecule has 2 atom stereocenters. The van der Waals surface area contributed by atoms with E-state index in [0.717, 1.165) is 11.3 Å². The number of hydrogen-bond acceptors (Lipinski definition) is 5. The first-order valence-corrected chi connectivity index (χ1v) is 8.63. The van der Waals surface area contributed by atoms with Gasteiger partial charge < -0.3 is 15.4 Å². The van der Waals surface area contributed by atoms with E-state index in [-0.39, 0.29) is 19.1 Å². The Morgan fingerprint density at radius 2 is 1.93 bits per heavy atom. The Balaban J connectivity index is 1.97. The average molecular weight is 366 g/mol. The molecule has 1 heterocycles. The van der Waals surface area contributed by atoms with Crippen LogP contribution in [0.2, 0.25) is 0 Å². The lowest BCUT2D eigenvalue weighted by Crippen LogP contribution is -2.47. The quantitative estimate of drug-likeness (QED) is 0.699. The summed E-state index contributed by atoms with van der Waals surface area (Å²) in [6, 6.07) is 15.8. The molecule has 7 nitrogen and oxygen atoms in total. The standard InChI is InChI=1S/C20H22N4O3/c1-15(17-9-5-6-11-22-17)13-18(19(25)23-12-10-21)24-20(26)27-14-16-7-3-2-4-8-16/h2-9,11,15,18H,12-14H2,1H3,(H,23,25)(H,24,26). The van der Waals surface area contributed by atoms with E-state index >= 15 is 0 Å². The van der Waals surface area contributed by atoms with Gasteiger partial charge in [-0.25, -0.2) is 4.79 Å². The molecule has 2 rings (SSSR count). The van der Waals surface area contributed by atoms with Gasteiger partial charge in [0.05, 0.1) is 6.07 Å². The van der Waals surface area contributed by atoms with Crippen LogP contribution in [0.5, 0.6) is 0 Å². The van der Waals surface area contributed by atoms with Gasteiger partial charge in [0.25, 0.3) is 0 Å². The third-order valence-corrected chi connectivity index (χ3v) is 3.94. The van der Waals surface area contributed by atoms with Gasteiger partial charge in [-0.2, -0.15) is 5.26 Å².